The lowest BCUT2D eigenvalue weighted by Crippen LogP contribution is -2.41. The van der Waals surface area contributed by atoms with Crippen molar-refractivity contribution in [1.29, 1.82) is 0 Å². The molecule has 3 rings (SSSR count). The van der Waals surface area contributed by atoms with Gasteiger partial charge in [-0.3, -0.25) is 4.79 Å². The van der Waals surface area contributed by atoms with E-state index < -0.39 is 17.5 Å². The molecule has 1 aliphatic rings. The number of aliphatic hydroxyl groups is 2. The molecule has 2 unspecified atom stereocenters. The Morgan fingerprint density at radius 3 is 2.20 bits per heavy atom. The van der Waals surface area contributed by atoms with Crippen molar-refractivity contribution in [3.63, 3.8) is 0 Å². The summed E-state index contributed by atoms with van der Waals surface area (Å²) in [6.45, 7) is 3.68. The highest BCUT2D eigenvalue weighted by atomic mass is 16.4. The molecule has 2 aromatic carbocycles. The van der Waals surface area contributed by atoms with E-state index in [1.165, 1.54) is 12.2 Å². The molecule has 2 atom stereocenters. The minimum atomic E-state index is -1.84. The van der Waals surface area contributed by atoms with Gasteiger partial charge in [-0.1, -0.05) is 48.5 Å². The average molecular weight is 336 g/mol. The van der Waals surface area contributed by atoms with Crippen molar-refractivity contribution in [3.8, 4) is 0 Å². The van der Waals surface area contributed by atoms with E-state index in [2.05, 4.69) is 0 Å². The van der Waals surface area contributed by atoms with Crippen LogP contribution in [0.2, 0.25) is 0 Å². The first kappa shape index (κ1) is 17.0. The second kappa shape index (κ2) is 6.22. The fourth-order valence-electron chi connectivity index (χ4n) is 3.54. The normalized spacial score (nSPS) is 22.9. The SMILES string of the molecule is Cc1ccccc1C1=CC(O)=CC(O)(c2ccccc2C)C1C(=O)O. The molecule has 4 nitrogen and oxygen atoms in total. The van der Waals surface area contributed by atoms with Gasteiger partial charge in [0.25, 0.3) is 0 Å². The smallest absolute Gasteiger partial charge is 0.314 e. The lowest BCUT2D eigenvalue weighted by atomic mass is 9.70. The molecule has 0 radical (unpaired) electrons. The van der Waals surface area contributed by atoms with Crippen molar-refractivity contribution < 1.29 is 20.1 Å². The van der Waals surface area contributed by atoms with Crippen LogP contribution in [0.5, 0.6) is 0 Å². The van der Waals surface area contributed by atoms with Gasteiger partial charge in [-0.25, -0.2) is 0 Å². The molecule has 0 fully saturated rings. The highest BCUT2D eigenvalue weighted by Gasteiger charge is 2.47. The zero-order chi connectivity index (χ0) is 18.2. The fraction of sp³-hybridized carbons (Fsp3) is 0.190. The number of carbonyl (C=O) groups is 1. The first-order valence-electron chi connectivity index (χ1n) is 8.05. The Balaban J connectivity index is 2.26. The Kier molecular flexibility index (Phi) is 4.23. The molecule has 0 aliphatic heterocycles. The molecule has 0 amide bonds. The van der Waals surface area contributed by atoms with Gasteiger partial charge in [0.2, 0.25) is 0 Å². The van der Waals surface area contributed by atoms with Gasteiger partial charge in [0.05, 0.1) is 0 Å². The minimum absolute atomic E-state index is 0.151. The van der Waals surface area contributed by atoms with Crippen molar-refractivity contribution in [3.05, 3.63) is 88.7 Å². The van der Waals surface area contributed by atoms with E-state index in [0.29, 0.717) is 16.7 Å². The lowest BCUT2D eigenvalue weighted by Gasteiger charge is -2.37. The van der Waals surface area contributed by atoms with Crippen LogP contribution in [0.3, 0.4) is 0 Å². The molecule has 0 heterocycles. The Labute approximate surface area is 146 Å². The Hall–Kier alpha value is -2.85. The Morgan fingerprint density at radius 1 is 1.00 bits per heavy atom. The first-order valence-corrected chi connectivity index (χ1v) is 8.05. The van der Waals surface area contributed by atoms with Crippen molar-refractivity contribution in [2.75, 3.05) is 0 Å². The Bertz CT molecular complexity index is 894. The number of rotatable bonds is 3. The number of carboxylic acids is 1. The van der Waals surface area contributed by atoms with Crippen LogP contribution < -0.4 is 0 Å². The molecule has 0 saturated carbocycles. The van der Waals surface area contributed by atoms with Gasteiger partial charge < -0.3 is 15.3 Å². The fourth-order valence-corrected chi connectivity index (χ4v) is 3.54. The molecule has 25 heavy (non-hydrogen) atoms. The number of carboxylic acid groups (broad SMARTS) is 1. The number of hydrogen-bond donors (Lipinski definition) is 3. The van der Waals surface area contributed by atoms with Crippen LogP contribution >= 0.6 is 0 Å². The van der Waals surface area contributed by atoms with Gasteiger partial charge in [-0.05, 0) is 53.8 Å². The lowest BCUT2D eigenvalue weighted by molar-refractivity contribution is -0.146. The molecular weight excluding hydrogens is 316 g/mol. The molecule has 3 N–H and O–H groups in total. The maximum atomic E-state index is 12.1. The molecule has 2 aromatic rings. The summed E-state index contributed by atoms with van der Waals surface area (Å²) in [6.07, 6.45) is 2.64. The van der Waals surface area contributed by atoms with Crippen molar-refractivity contribution in [2.24, 2.45) is 5.92 Å². The van der Waals surface area contributed by atoms with E-state index in [0.717, 1.165) is 11.1 Å². The molecule has 1 aliphatic carbocycles. The van der Waals surface area contributed by atoms with E-state index >= 15 is 0 Å². The number of aliphatic carboxylic acids is 1. The van der Waals surface area contributed by atoms with Gasteiger partial charge >= 0.3 is 5.97 Å². The molecule has 0 saturated heterocycles. The van der Waals surface area contributed by atoms with Gasteiger partial charge in [0.1, 0.15) is 17.3 Å². The molecule has 0 aromatic heterocycles. The maximum absolute atomic E-state index is 12.1. The average Bonchev–Trinajstić information content (AvgIpc) is 2.54. The van der Waals surface area contributed by atoms with Crippen LogP contribution in [0, 0.1) is 19.8 Å². The monoisotopic (exact) mass is 336 g/mol. The number of allylic oxidation sites excluding steroid dienone is 1. The Morgan fingerprint density at radius 2 is 1.60 bits per heavy atom. The van der Waals surface area contributed by atoms with Crippen LogP contribution in [-0.2, 0) is 10.4 Å². The number of aryl methyl sites for hydroxylation is 2. The standard InChI is InChI=1S/C21H20O4/c1-13-7-3-5-9-16(13)17-11-15(22)12-21(25,19(17)20(23)24)18-10-6-4-8-14(18)2/h3-12,19,22,25H,1-2H3,(H,23,24). The summed E-state index contributed by atoms with van der Waals surface area (Å²) >= 11 is 0. The zero-order valence-electron chi connectivity index (χ0n) is 14.1. The minimum Gasteiger partial charge on any atom is -0.508 e. The highest BCUT2D eigenvalue weighted by Crippen LogP contribution is 2.45. The van der Waals surface area contributed by atoms with E-state index in [4.69, 9.17) is 0 Å². The van der Waals surface area contributed by atoms with Gasteiger partial charge in [0, 0.05) is 0 Å². The van der Waals surface area contributed by atoms with Gasteiger partial charge in [-0.2, -0.15) is 0 Å². The second-order valence-corrected chi connectivity index (χ2v) is 6.40. The third kappa shape index (κ3) is 2.85. The zero-order valence-corrected chi connectivity index (χ0v) is 14.1. The summed E-state index contributed by atoms with van der Waals surface area (Å²) in [4.78, 5) is 12.1. The first-order chi connectivity index (χ1) is 11.8. The van der Waals surface area contributed by atoms with Crippen LogP contribution in [-0.4, -0.2) is 21.3 Å². The predicted octanol–water partition coefficient (Wildman–Crippen LogP) is 3.73. The second-order valence-electron chi connectivity index (χ2n) is 6.40. The molecule has 4 heteroatoms. The molecular formula is C21H20O4. The van der Waals surface area contributed by atoms with Crippen molar-refractivity contribution >= 4 is 11.5 Å². The van der Waals surface area contributed by atoms with Crippen LogP contribution in [0.4, 0.5) is 0 Å². The summed E-state index contributed by atoms with van der Waals surface area (Å²) in [5, 5.41) is 31.6. The van der Waals surface area contributed by atoms with E-state index in [1.54, 1.807) is 18.2 Å². The van der Waals surface area contributed by atoms with Gasteiger partial charge in [-0.15, -0.1) is 0 Å². The number of hydrogen-bond acceptors (Lipinski definition) is 3. The molecule has 0 bridgehead atoms. The third-order valence-electron chi connectivity index (χ3n) is 4.70. The van der Waals surface area contributed by atoms with Crippen molar-refractivity contribution in [2.45, 2.75) is 19.4 Å². The largest absolute Gasteiger partial charge is 0.508 e. The summed E-state index contributed by atoms with van der Waals surface area (Å²) in [6, 6.07) is 14.4. The topological polar surface area (TPSA) is 77.8 Å². The van der Waals surface area contributed by atoms with Gasteiger partial charge in [0.15, 0.2) is 0 Å². The number of benzene rings is 2. The van der Waals surface area contributed by atoms with Crippen molar-refractivity contribution in [1.82, 2.24) is 0 Å². The number of aliphatic hydroxyl groups excluding tert-OH is 1. The summed E-state index contributed by atoms with van der Waals surface area (Å²) in [5.41, 5.74) is 1.34. The quantitative estimate of drug-likeness (QED) is 0.798. The highest BCUT2D eigenvalue weighted by molar-refractivity contribution is 5.92. The molecule has 128 valence electrons. The van der Waals surface area contributed by atoms with Crippen LogP contribution in [0.1, 0.15) is 22.3 Å². The summed E-state index contributed by atoms with van der Waals surface area (Å²) < 4.78 is 0. The van der Waals surface area contributed by atoms with E-state index in [-0.39, 0.29) is 5.76 Å². The summed E-state index contributed by atoms with van der Waals surface area (Å²) in [5.74, 6) is -2.53. The van der Waals surface area contributed by atoms with E-state index in [1.807, 2.05) is 44.2 Å². The maximum Gasteiger partial charge on any atom is 0.314 e. The van der Waals surface area contributed by atoms with Crippen LogP contribution in [0.15, 0.2) is 66.4 Å². The van der Waals surface area contributed by atoms with Crippen LogP contribution in [0.25, 0.3) is 5.57 Å². The summed E-state index contributed by atoms with van der Waals surface area (Å²) in [7, 11) is 0. The third-order valence-corrected chi connectivity index (χ3v) is 4.70. The predicted molar refractivity (Wildman–Crippen MR) is 96.1 cm³/mol. The van der Waals surface area contributed by atoms with E-state index in [9.17, 15) is 20.1 Å². The molecule has 0 spiro atoms.